The van der Waals surface area contributed by atoms with Crippen molar-refractivity contribution in [3.8, 4) is 5.75 Å². The number of benzene rings is 1. The molecule has 0 fully saturated rings. The summed E-state index contributed by atoms with van der Waals surface area (Å²) in [6, 6.07) is 7.48. The molecule has 104 valence electrons. The number of amides is 2. The molecule has 0 heterocycles. The lowest BCUT2D eigenvalue weighted by Crippen LogP contribution is -2.39. The van der Waals surface area contributed by atoms with Crippen LogP contribution >= 0.6 is 0 Å². The van der Waals surface area contributed by atoms with E-state index >= 15 is 0 Å². The smallest absolute Gasteiger partial charge is 0.239 e. The Bertz CT molecular complexity index is 435. The highest BCUT2D eigenvalue weighted by Crippen LogP contribution is 2.17. The molecule has 0 saturated carbocycles. The van der Waals surface area contributed by atoms with E-state index < -0.39 is 0 Å². The van der Waals surface area contributed by atoms with Crippen molar-refractivity contribution in [3.63, 3.8) is 0 Å². The van der Waals surface area contributed by atoms with E-state index in [0.29, 0.717) is 13.2 Å². The largest absolute Gasteiger partial charge is 0.494 e. The molecule has 4 N–H and O–H groups in total. The lowest BCUT2D eigenvalue weighted by Gasteiger charge is -2.11. The molecule has 0 spiro atoms. The molecule has 0 saturated heterocycles. The van der Waals surface area contributed by atoms with Crippen LogP contribution in [0.2, 0.25) is 0 Å². The van der Waals surface area contributed by atoms with E-state index in [1.54, 1.807) is 0 Å². The average molecular weight is 265 g/mol. The van der Waals surface area contributed by atoms with Crippen LogP contribution in [0, 0.1) is 0 Å². The van der Waals surface area contributed by atoms with E-state index in [2.05, 4.69) is 10.6 Å². The number of nitrogens with two attached hydrogens (primary N) is 1. The summed E-state index contributed by atoms with van der Waals surface area (Å²) in [7, 11) is 0. The van der Waals surface area contributed by atoms with Gasteiger partial charge in [-0.3, -0.25) is 9.59 Å². The maximum absolute atomic E-state index is 11.5. The van der Waals surface area contributed by atoms with E-state index in [4.69, 9.17) is 10.5 Å². The highest BCUT2D eigenvalue weighted by molar-refractivity contribution is 5.85. The van der Waals surface area contributed by atoms with Gasteiger partial charge in [0.2, 0.25) is 11.8 Å². The fourth-order valence-corrected chi connectivity index (χ4v) is 1.45. The molecule has 1 rings (SSSR count). The highest BCUT2D eigenvalue weighted by atomic mass is 16.5. The van der Waals surface area contributed by atoms with Gasteiger partial charge in [-0.2, -0.15) is 0 Å². The second-order valence-electron chi connectivity index (χ2n) is 3.80. The third-order valence-electron chi connectivity index (χ3n) is 2.38. The van der Waals surface area contributed by atoms with Gasteiger partial charge in [0.25, 0.3) is 0 Å². The fraction of sp³-hybridized carbons (Fsp3) is 0.385. The highest BCUT2D eigenvalue weighted by Gasteiger charge is 2.06. The second kappa shape index (κ2) is 8.10. The number of hydrogen-bond donors (Lipinski definition) is 3. The predicted molar refractivity (Wildman–Crippen MR) is 71.5 cm³/mol. The number of carbonyl (C=O) groups excluding carboxylic acids is 2. The van der Waals surface area contributed by atoms with Crippen molar-refractivity contribution in [1.29, 1.82) is 0 Å². The molecular weight excluding hydrogens is 246 g/mol. The van der Waals surface area contributed by atoms with Gasteiger partial charge in [0.1, 0.15) is 5.75 Å². The van der Waals surface area contributed by atoms with Crippen LogP contribution in [-0.4, -0.2) is 31.5 Å². The normalized spacial score (nSPS) is 9.79. The van der Waals surface area contributed by atoms with Crippen molar-refractivity contribution < 1.29 is 14.3 Å². The van der Waals surface area contributed by atoms with Crippen molar-refractivity contribution in [1.82, 2.24) is 10.6 Å². The molecule has 0 aromatic heterocycles. The zero-order valence-electron chi connectivity index (χ0n) is 10.9. The molecule has 6 heteroatoms. The molecule has 1 aromatic carbocycles. The zero-order valence-corrected chi connectivity index (χ0v) is 10.9. The number of nitrogens with one attached hydrogen (secondary N) is 2. The van der Waals surface area contributed by atoms with Crippen LogP contribution in [0.3, 0.4) is 0 Å². The van der Waals surface area contributed by atoms with Crippen LogP contribution < -0.4 is 21.1 Å². The van der Waals surface area contributed by atoms with E-state index in [1.165, 1.54) is 0 Å². The molecule has 0 aliphatic carbocycles. The quantitative estimate of drug-likeness (QED) is 0.635. The number of hydrogen-bond acceptors (Lipinski definition) is 4. The van der Waals surface area contributed by atoms with Gasteiger partial charge in [-0.1, -0.05) is 18.2 Å². The van der Waals surface area contributed by atoms with Gasteiger partial charge in [-0.05, 0) is 13.0 Å². The van der Waals surface area contributed by atoms with Crippen LogP contribution in [0.25, 0.3) is 0 Å². The summed E-state index contributed by atoms with van der Waals surface area (Å²) in [5.41, 5.74) is 6.01. The summed E-state index contributed by atoms with van der Waals surface area (Å²) in [6.45, 7) is 2.62. The Hall–Kier alpha value is -2.08. The number of para-hydroxylation sites is 1. The summed E-state index contributed by atoms with van der Waals surface area (Å²) in [5.74, 6) is 0.120. The minimum atomic E-state index is -0.357. The van der Waals surface area contributed by atoms with Crippen molar-refractivity contribution >= 4 is 11.8 Å². The number of ether oxygens (including phenoxy) is 1. The molecule has 1 aromatic rings. The molecule has 0 aliphatic heterocycles. The molecule has 0 bridgehead atoms. The Morgan fingerprint density at radius 2 is 1.95 bits per heavy atom. The Morgan fingerprint density at radius 1 is 1.21 bits per heavy atom. The SMILES string of the molecule is CCOc1ccccc1CNC(=O)CNC(=O)CN. The first-order chi connectivity index (χ1) is 9.17. The average Bonchev–Trinajstić information content (AvgIpc) is 2.44. The van der Waals surface area contributed by atoms with Crippen molar-refractivity contribution in [2.45, 2.75) is 13.5 Å². The minimum Gasteiger partial charge on any atom is -0.494 e. The van der Waals surface area contributed by atoms with Crippen molar-refractivity contribution in [2.24, 2.45) is 5.73 Å². The molecule has 6 nitrogen and oxygen atoms in total. The van der Waals surface area contributed by atoms with Crippen LogP contribution in [0.4, 0.5) is 0 Å². The third-order valence-corrected chi connectivity index (χ3v) is 2.38. The van der Waals surface area contributed by atoms with E-state index in [0.717, 1.165) is 11.3 Å². The zero-order chi connectivity index (χ0) is 14.1. The minimum absolute atomic E-state index is 0.0766. The topological polar surface area (TPSA) is 93.5 Å². The van der Waals surface area contributed by atoms with Crippen LogP contribution in [-0.2, 0) is 16.1 Å². The van der Waals surface area contributed by atoms with E-state index in [1.807, 2.05) is 31.2 Å². The number of rotatable bonds is 7. The molecular formula is C13H19N3O3. The molecule has 0 atom stereocenters. The fourth-order valence-electron chi connectivity index (χ4n) is 1.45. The number of carbonyl (C=O) groups is 2. The third kappa shape index (κ3) is 5.39. The van der Waals surface area contributed by atoms with Gasteiger partial charge < -0.3 is 21.1 Å². The Morgan fingerprint density at radius 3 is 2.63 bits per heavy atom. The van der Waals surface area contributed by atoms with Gasteiger partial charge in [0.15, 0.2) is 0 Å². The first kappa shape index (κ1) is 15.0. The summed E-state index contributed by atoms with van der Waals surface area (Å²) < 4.78 is 5.45. The van der Waals surface area contributed by atoms with Crippen LogP contribution in [0.15, 0.2) is 24.3 Å². The maximum atomic E-state index is 11.5. The lowest BCUT2D eigenvalue weighted by molar-refractivity contribution is -0.125. The van der Waals surface area contributed by atoms with E-state index in [9.17, 15) is 9.59 Å². The maximum Gasteiger partial charge on any atom is 0.239 e. The summed E-state index contributed by atoms with van der Waals surface area (Å²) in [4.78, 5) is 22.4. The Labute approximate surface area is 112 Å². The lowest BCUT2D eigenvalue weighted by atomic mass is 10.2. The Kier molecular flexibility index (Phi) is 6.38. The first-order valence-corrected chi connectivity index (χ1v) is 6.11. The van der Waals surface area contributed by atoms with Gasteiger partial charge in [0.05, 0.1) is 19.7 Å². The Balaban J connectivity index is 2.43. The second-order valence-corrected chi connectivity index (χ2v) is 3.80. The molecule has 19 heavy (non-hydrogen) atoms. The van der Waals surface area contributed by atoms with Gasteiger partial charge in [-0.15, -0.1) is 0 Å². The van der Waals surface area contributed by atoms with Crippen molar-refractivity contribution in [2.75, 3.05) is 19.7 Å². The monoisotopic (exact) mass is 265 g/mol. The summed E-state index contributed by atoms with van der Waals surface area (Å²) >= 11 is 0. The molecule has 0 radical (unpaired) electrons. The molecule has 0 aliphatic rings. The van der Waals surface area contributed by atoms with Crippen molar-refractivity contribution in [3.05, 3.63) is 29.8 Å². The first-order valence-electron chi connectivity index (χ1n) is 6.11. The van der Waals surface area contributed by atoms with Gasteiger partial charge >= 0.3 is 0 Å². The predicted octanol–water partition coefficient (Wildman–Crippen LogP) is -0.224. The standard InChI is InChI=1S/C13H19N3O3/c1-2-19-11-6-4-3-5-10(11)8-15-13(18)9-16-12(17)7-14/h3-6H,2,7-9,14H2,1H3,(H,15,18)(H,16,17). The van der Waals surface area contributed by atoms with Crippen LogP contribution in [0.1, 0.15) is 12.5 Å². The van der Waals surface area contributed by atoms with Gasteiger partial charge in [0, 0.05) is 12.1 Å². The molecule has 2 amide bonds. The van der Waals surface area contributed by atoms with Crippen LogP contribution in [0.5, 0.6) is 5.75 Å². The van der Waals surface area contributed by atoms with Gasteiger partial charge in [-0.25, -0.2) is 0 Å². The molecule has 0 unspecified atom stereocenters. The summed E-state index contributed by atoms with van der Waals surface area (Å²) in [6.07, 6.45) is 0. The summed E-state index contributed by atoms with van der Waals surface area (Å²) in [5, 5.41) is 5.10. The van der Waals surface area contributed by atoms with E-state index in [-0.39, 0.29) is 24.9 Å².